The SMILES string of the molecule is CN(CC(=O)Nc1cccc(F)c1)C(=O)CNCC1CCCO1.Cl. The highest BCUT2D eigenvalue weighted by molar-refractivity contribution is 5.94. The van der Waals surface area contributed by atoms with Gasteiger partial charge in [0.2, 0.25) is 11.8 Å². The zero-order valence-electron chi connectivity index (χ0n) is 13.6. The van der Waals surface area contributed by atoms with Gasteiger partial charge in [-0.25, -0.2) is 4.39 Å². The Bertz CT molecular complexity index is 553. The molecule has 2 N–H and O–H groups in total. The second-order valence-electron chi connectivity index (χ2n) is 5.57. The number of anilines is 1. The van der Waals surface area contributed by atoms with Gasteiger partial charge in [-0.05, 0) is 31.0 Å². The number of halogens is 2. The van der Waals surface area contributed by atoms with Crippen molar-refractivity contribution in [1.29, 1.82) is 0 Å². The molecule has 2 rings (SSSR count). The number of likely N-dealkylation sites (N-methyl/N-ethyl adjacent to an activating group) is 1. The van der Waals surface area contributed by atoms with Crippen LogP contribution in [0.5, 0.6) is 0 Å². The largest absolute Gasteiger partial charge is 0.377 e. The molecule has 1 aromatic carbocycles. The Morgan fingerprint density at radius 1 is 1.42 bits per heavy atom. The van der Waals surface area contributed by atoms with Crippen LogP contribution in [0.3, 0.4) is 0 Å². The monoisotopic (exact) mass is 359 g/mol. The molecule has 1 heterocycles. The van der Waals surface area contributed by atoms with Crippen molar-refractivity contribution in [2.75, 3.05) is 38.6 Å². The van der Waals surface area contributed by atoms with E-state index in [4.69, 9.17) is 4.74 Å². The van der Waals surface area contributed by atoms with Crippen LogP contribution in [-0.2, 0) is 14.3 Å². The standard InChI is InChI=1S/C16H22FN3O3.ClH/c1-20(16(22)10-18-9-14-6-3-7-23-14)11-15(21)19-13-5-2-4-12(17)8-13;/h2,4-5,8,14,18H,3,6-7,9-11H2,1H3,(H,19,21);1H. The highest BCUT2D eigenvalue weighted by atomic mass is 35.5. The van der Waals surface area contributed by atoms with Gasteiger partial charge in [0, 0.05) is 25.9 Å². The normalized spacial score (nSPS) is 16.3. The fourth-order valence-electron chi connectivity index (χ4n) is 2.35. The predicted octanol–water partition coefficient (Wildman–Crippen LogP) is 1.41. The average Bonchev–Trinajstić information content (AvgIpc) is 3.00. The number of hydrogen-bond donors (Lipinski definition) is 2. The lowest BCUT2D eigenvalue weighted by Gasteiger charge is -2.18. The van der Waals surface area contributed by atoms with Crippen LogP contribution in [0.25, 0.3) is 0 Å². The zero-order valence-corrected chi connectivity index (χ0v) is 14.4. The fraction of sp³-hybridized carbons (Fsp3) is 0.500. The van der Waals surface area contributed by atoms with Gasteiger partial charge in [0.1, 0.15) is 5.82 Å². The average molecular weight is 360 g/mol. The summed E-state index contributed by atoms with van der Waals surface area (Å²) in [5.41, 5.74) is 0.368. The molecule has 1 aliphatic rings. The topological polar surface area (TPSA) is 70.7 Å². The minimum Gasteiger partial charge on any atom is -0.377 e. The van der Waals surface area contributed by atoms with Crippen LogP contribution < -0.4 is 10.6 Å². The van der Waals surface area contributed by atoms with Crippen LogP contribution >= 0.6 is 12.4 Å². The van der Waals surface area contributed by atoms with Gasteiger partial charge in [-0.2, -0.15) is 0 Å². The number of rotatable bonds is 7. The van der Waals surface area contributed by atoms with E-state index >= 15 is 0 Å². The molecule has 1 aliphatic heterocycles. The number of carbonyl (C=O) groups is 2. The van der Waals surface area contributed by atoms with Gasteiger partial charge in [-0.1, -0.05) is 6.07 Å². The van der Waals surface area contributed by atoms with Crippen molar-refractivity contribution in [3.8, 4) is 0 Å². The minimum absolute atomic E-state index is 0. The van der Waals surface area contributed by atoms with E-state index < -0.39 is 5.82 Å². The second-order valence-corrected chi connectivity index (χ2v) is 5.57. The minimum atomic E-state index is -0.425. The van der Waals surface area contributed by atoms with Crippen molar-refractivity contribution in [3.63, 3.8) is 0 Å². The van der Waals surface area contributed by atoms with Gasteiger partial charge in [0.25, 0.3) is 0 Å². The van der Waals surface area contributed by atoms with Crippen molar-refractivity contribution in [2.24, 2.45) is 0 Å². The molecule has 1 atom stereocenters. The Morgan fingerprint density at radius 3 is 2.88 bits per heavy atom. The number of nitrogens with zero attached hydrogens (tertiary/aromatic N) is 1. The number of nitrogens with one attached hydrogen (secondary N) is 2. The summed E-state index contributed by atoms with van der Waals surface area (Å²) in [6.45, 7) is 1.48. The van der Waals surface area contributed by atoms with E-state index in [-0.39, 0.29) is 43.4 Å². The quantitative estimate of drug-likeness (QED) is 0.772. The molecular formula is C16H23ClFN3O3. The summed E-state index contributed by atoms with van der Waals surface area (Å²) in [5, 5.41) is 5.60. The third-order valence-corrected chi connectivity index (χ3v) is 3.59. The molecule has 134 valence electrons. The van der Waals surface area contributed by atoms with Gasteiger partial charge >= 0.3 is 0 Å². The molecule has 0 aliphatic carbocycles. The Kier molecular flexibility index (Phi) is 8.67. The van der Waals surface area contributed by atoms with Gasteiger partial charge in [-0.3, -0.25) is 9.59 Å². The molecule has 2 amide bonds. The number of benzene rings is 1. The molecule has 0 bridgehead atoms. The van der Waals surface area contributed by atoms with Crippen LogP contribution in [0.15, 0.2) is 24.3 Å². The lowest BCUT2D eigenvalue weighted by molar-refractivity contribution is -0.132. The Hall–Kier alpha value is -1.70. The van der Waals surface area contributed by atoms with Crippen molar-refractivity contribution in [3.05, 3.63) is 30.1 Å². The summed E-state index contributed by atoms with van der Waals surface area (Å²) in [5.74, 6) is -0.978. The predicted molar refractivity (Wildman–Crippen MR) is 91.8 cm³/mol. The summed E-state index contributed by atoms with van der Waals surface area (Å²) < 4.78 is 18.5. The van der Waals surface area contributed by atoms with Crippen LogP contribution in [0.1, 0.15) is 12.8 Å². The Labute approximate surface area is 147 Å². The maximum atomic E-state index is 13.0. The van der Waals surface area contributed by atoms with Crippen molar-refractivity contribution < 1.29 is 18.7 Å². The smallest absolute Gasteiger partial charge is 0.243 e. The zero-order chi connectivity index (χ0) is 16.7. The third kappa shape index (κ3) is 6.82. The molecule has 6 nitrogen and oxygen atoms in total. The highest BCUT2D eigenvalue weighted by Gasteiger charge is 2.17. The van der Waals surface area contributed by atoms with Gasteiger partial charge < -0.3 is 20.3 Å². The number of hydrogen-bond acceptors (Lipinski definition) is 4. The van der Waals surface area contributed by atoms with Crippen LogP contribution in [-0.4, -0.2) is 56.1 Å². The van der Waals surface area contributed by atoms with Gasteiger partial charge in [0.15, 0.2) is 0 Å². The molecule has 1 fully saturated rings. The lowest BCUT2D eigenvalue weighted by atomic mass is 10.2. The van der Waals surface area contributed by atoms with E-state index in [9.17, 15) is 14.0 Å². The molecule has 0 saturated carbocycles. The molecule has 1 unspecified atom stereocenters. The first-order valence-electron chi connectivity index (χ1n) is 7.66. The van der Waals surface area contributed by atoms with Crippen molar-refractivity contribution in [2.45, 2.75) is 18.9 Å². The van der Waals surface area contributed by atoms with E-state index in [1.165, 1.54) is 23.1 Å². The second kappa shape index (κ2) is 10.2. The molecular weight excluding hydrogens is 337 g/mol. The third-order valence-electron chi connectivity index (χ3n) is 3.59. The molecule has 8 heteroatoms. The van der Waals surface area contributed by atoms with E-state index in [0.717, 1.165) is 19.4 Å². The summed E-state index contributed by atoms with van der Waals surface area (Å²) >= 11 is 0. The Morgan fingerprint density at radius 2 is 2.21 bits per heavy atom. The molecule has 0 spiro atoms. The van der Waals surface area contributed by atoms with E-state index in [0.29, 0.717) is 12.2 Å². The Balaban J connectivity index is 0.00000288. The first kappa shape index (κ1) is 20.3. The molecule has 0 aromatic heterocycles. The fourth-order valence-corrected chi connectivity index (χ4v) is 2.35. The van der Waals surface area contributed by atoms with Crippen LogP contribution in [0.2, 0.25) is 0 Å². The highest BCUT2D eigenvalue weighted by Crippen LogP contribution is 2.10. The van der Waals surface area contributed by atoms with Gasteiger partial charge in [-0.15, -0.1) is 12.4 Å². The molecule has 1 saturated heterocycles. The number of ether oxygens (including phenoxy) is 1. The van der Waals surface area contributed by atoms with E-state index in [2.05, 4.69) is 10.6 Å². The summed E-state index contributed by atoms with van der Waals surface area (Å²) in [6, 6.07) is 5.62. The lowest BCUT2D eigenvalue weighted by Crippen LogP contribution is -2.41. The maximum absolute atomic E-state index is 13.0. The summed E-state index contributed by atoms with van der Waals surface area (Å²) in [7, 11) is 1.56. The first-order valence-corrected chi connectivity index (χ1v) is 7.66. The van der Waals surface area contributed by atoms with E-state index in [1.54, 1.807) is 13.1 Å². The molecule has 24 heavy (non-hydrogen) atoms. The van der Waals surface area contributed by atoms with Gasteiger partial charge in [0.05, 0.1) is 19.2 Å². The summed E-state index contributed by atoms with van der Waals surface area (Å²) in [4.78, 5) is 25.1. The molecule has 0 radical (unpaired) electrons. The number of amides is 2. The van der Waals surface area contributed by atoms with Crippen molar-refractivity contribution in [1.82, 2.24) is 10.2 Å². The number of carbonyl (C=O) groups excluding carboxylic acids is 2. The first-order chi connectivity index (χ1) is 11.0. The van der Waals surface area contributed by atoms with Crippen molar-refractivity contribution >= 4 is 29.9 Å². The van der Waals surface area contributed by atoms with Crippen LogP contribution in [0.4, 0.5) is 10.1 Å². The van der Waals surface area contributed by atoms with E-state index in [1.807, 2.05) is 0 Å². The maximum Gasteiger partial charge on any atom is 0.243 e. The van der Waals surface area contributed by atoms with Crippen LogP contribution in [0, 0.1) is 5.82 Å². The summed E-state index contributed by atoms with van der Waals surface area (Å²) in [6.07, 6.45) is 2.23. The molecule has 1 aromatic rings.